The predicted molar refractivity (Wildman–Crippen MR) is 159 cm³/mol. The number of dihydropyridines is 1. The van der Waals surface area contributed by atoms with Gasteiger partial charge in [-0.25, -0.2) is 0 Å². The maximum absolute atomic E-state index is 4.31. The van der Waals surface area contributed by atoms with E-state index in [2.05, 4.69) is 123 Å². The summed E-state index contributed by atoms with van der Waals surface area (Å²) >= 11 is 3.66. The lowest BCUT2D eigenvalue weighted by Crippen LogP contribution is -2.14. The van der Waals surface area contributed by atoms with Crippen LogP contribution >= 0.6 is 15.9 Å². The van der Waals surface area contributed by atoms with Gasteiger partial charge in [-0.05, 0) is 118 Å². The van der Waals surface area contributed by atoms with E-state index in [-0.39, 0.29) is 0 Å². The fourth-order valence-electron chi connectivity index (χ4n) is 5.04. The molecule has 0 fully saturated rings. The first kappa shape index (κ1) is 23.4. The molecule has 3 aromatic carbocycles. The van der Waals surface area contributed by atoms with E-state index in [1.54, 1.807) is 0 Å². The smallest absolute Gasteiger partial charge is 0.0398 e. The third-order valence-electron chi connectivity index (χ3n) is 6.94. The summed E-state index contributed by atoms with van der Waals surface area (Å²) in [6, 6.07) is 28.4. The largest absolute Gasteiger partial charge is 0.387 e. The first-order valence-corrected chi connectivity index (χ1v) is 13.4. The van der Waals surface area contributed by atoms with Crippen molar-refractivity contribution in [2.24, 2.45) is 0 Å². The third-order valence-corrected chi connectivity index (χ3v) is 7.43. The second-order valence-electron chi connectivity index (χ2n) is 9.43. The zero-order chi connectivity index (χ0) is 25.0. The van der Waals surface area contributed by atoms with Crippen LogP contribution < -0.4 is 5.32 Å². The molecule has 1 aromatic heterocycles. The maximum atomic E-state index is 4.31. The molecule has 0 saturated carbocycles. The molecular weight excluding hydrogens is 516 g/mol. The summed E-state index contributed by atoms with van der Waals surface area (Å²) in [6.07, 6.45) is 17.0. The van der Waals surface area contributed by atoms with Gasteiger partial charge < -0.3 is 5.32 Å². The Balaban J connectivity index is 1.47. The SMILES string of the molecule is Brc1cccc(-c2cc(C3=CCCC(C4=CC=CNC4)=C3)cc(-c3cccc(-c4cccnc4)c3)c2)c1. The molecule has 0 unspecified atom stereocenters. The van der Waals surface area contributed by atoms with E-state index < -0.39 is 0 Å². The summed E-state index contributed by atoms with van der Waals surface area (Å²) < 4.78 is 1.08. The van der Waals surface area contributed by atoms with E-state index in [1.807, 2.05) is 24.7 Å². The monoisotopic (exact) mass is 542 g/mol. The Morgan fingerprint density at radius 3 is 2.14 bits per heavy atom. The normalized spacial score (nSPS) is 14.9. The highest BCUT2D eigenvalue weighted by Crippen LogP contribution is 2.36. The number of allylic oxidation sites excluding steroid dienone is 5. The maximum Gasteiger partial charge on any atom is 0.0398 e. The number of hydrogen-bond acceptors (Lipinski definition) is 2. The summed E-state index contributed by atoms with van der Waals surface area (Å²) in [6.45, 7) is 0.889. The standard InChI is InChI=1S/C34H27BrN2/c35-34-13-3-10-28(21-34)33-19-31(26-8-1-6-24(16-26)29-11-4-14-36-22-29)18-32(20-33)27-9-2-7-25(17-27)30-12-5-15-37-23-30/h1,3-6,8-22,37H,2,7,23H2. The van der Waals surface area contributed by atoms with Crippen LogP contribution in [0.25, 0.3) is 39.0 Å². The van der Waals surface area contributed by atoms with Crippen LogP contribution in [0.3, 0.4) is 0 Å². The molecular formula is C34H27BrN2. The number of hydrogen-bond donors (Lipinski definition) is 1. The number of halogens is 1. The molecule has 2 heterocycles. The Labute approximate surface area is 226 Å². The van der Waals surface area contributed by atoms with Crippen LogP contribution in [0, 0.1) is 0 Å². The molecule has 0 bridgehead atoms. The number of nitrogens with one attached hydrogen (secondary N) is 1. The van der Waals surface area contributed by atoms with Gasteiger partial charge in [-0.2, -0.15) is 0 Å². The van der Waals surface area contributed by atoms with Gasteiger partial charge in [-0.3, -0.25) is 4.98 Å². The molecule has 6 rings (SSSR count). The fourth-order valence-corrected chi connectivity index (χ4v) is 5.44. The van der Waals surface area contributed by atoms with Gasteiger partial charge in [0.25, 0.3) is 0 Å². The molecule has 1 aliphatic heterocycles. The van der Waals surface area contributed by atoms with E-state index in [9.17, 15) is 0 Å². The number of pyridine rings is 1. The van der Waals surface area contributed by atoms with Gasteiger partial charge in [-0.1, -0.05) is 70.6 Å². The van der Waals surface area contributed by atoms with Crippen LogP contribution in [0.15, 0.2) is 137 Å². The Kier molecular flexibility index (Phi) is 6.70. The molecule has 1 N–H and O–H groups in total. The van der Waals surface area contributed by atoms with Crippen molar-refractivity contribution in [3.05, 3.63) is 143 Å². The van der Waals surface area contributed by atoms with Crippen LogP contribution in [-0.2, 0) is 0 Å². The van der Waals surface area contributed by atoms with Crippen LogP contribution in [0.1, 0.15) is 18.4 Å². The Morgan fingerprint density at radius 2 is 1.41 bits per heavy atom. The van der Waals surface area contributed by atoms with E-state index in [0.717, 1.165) is 29.4 Å². The molecule has 37 heavy (non-hydrogen) atoms. The van der Waals surface area contributed by atoms with Crippen molar-refractivity contribution in [1.82, 2.24) is 10.3 Å². The molecule has 3 heteroatoms. The molecule has 0 atom stereocenters. The van der Waals surface area contributed by atoms with E-state index >= 15 is 0 Å². The molecule has 0 spiro atoms. The van der Waals surface area contributed by atoms with Gasteiger partial charge in [0.1, 0.15) is 0 Å². The highest BCUT2D eigenvalue weighted by atomic mass is 79.9. The van der Waals surface area contributed by atoms with Crippen molar-refractivity contribution in [2.75, 3.05) is 6.54 Å². The minimum absolute atomic E-state index is 0.889. The van der Waals surface area contributed by atoms with Crippen LogP contribution in [-0.4, -0.2) is 11.5 Å². The lowest BCUT2D eigenvalue weighted by molar-refractivity contribution is 0.883. The second-order valence-corrected chi connectivity index (χ2v) is 10.3. The highest BCUT2D eigenvalue weighted by molar-refractivity contribution is 9.10. The zero-order valence-corrected chi connectivity index (χ0v) is 22.1. The fraction of sp³-hybridized carbons (Fsp3) is 0.0882. The third kappa shape index (κ3) is 5.28. The van der Waals surface area contributed by atoms with E-state index in [4.69, 9.17) is 0 Å². The first-order chi connectivity index (χ1) is 18.2. The average molecular weight is 544 g/mol. The summed E-state index contributed by atoms with van der Waals surface area (Å²) in [4.78, 5) is 4.31. The topological polar surface area (TPSA) is 24.9 Å². The average Bonchev–Trinajstić information content (AvgIpc) is 2.98. The van der Waals surface area contributed by atoms with Crippen molar-refractivity contribution < 1.29 is 0 Å². The van der Waals surface area contributed by atoms with Gasteiger partial charge in [-0.15, -0.1) is 0 Å². The van der Waals surface area contributed by atoms with Crippen LogP contribution in [0.4, 0.5) is 0 Å². The Morgan fingerprint density at radius 1 is 0.703 bits per heavy atom. The van der Waals surface area contributed by atoms with Crippen molar-refractivity contribution in [2.45, 2.75) is 12.8 Å². The lowest BCUT2D eigenvalue weighted by atomic mass is 9.87. The predicted octanol–water partition coefficient (Wildman–Crippen LogP) is 8.99. The number of benzene rings is 3. The first-order valence-electron chi connectivity index (χ1n) is 12.7. The van der Waals surface area contributed by atoms with Gasteiger partial charge in [0, 0.05) is 29.0 Å². The molecule has 2 aliphatic rings. The summed E-state index contributed by atoms with van der Waals surface area (Å²) in [7, 11) is 0. The van der Waals surface area contributed by atoms with Gasteiger partial charge in [0.15, 0.2) is 0 Å². The Bertz CT molecular complexity index is 1570. The highest BCUT2D eigenvalue weighted by Gasteiger charge is 2.14. The van der Waals surface area contributed by atoms with Crippen molar-refractivity contribution in [3.8, 4) is 33.4 Å². The lowest BCUT2D eigenvalue weighted by Gasteiger charge is -2.20. The Hall–Kier alpha value is -3.95. The number of rotatable bonds is 5. The molecule has 0 radical (unpaired) electrons. The molecule has 4 aromatic rings. The summed E-state index contributed by atoms with van der Waals surface area (Å²) in [5.74, 6) is 0. The van der Waals surface area contributed by atoms with Crippen molar-refractivity contribution >= 4 is 21.5 Å². The molecule has 0 amide bonds. The van der Waals surface area contributed by atoms with Crippen LogP contribution in [0.2, 0.25) is 0 Å². The van der Waals surface area contributed by atoms with E-state index in [1.165, 1.54) is 50.1 Å². The summed E-state index contributed by atoms with van der Waals surface area (Å²) in [5.41, 5.74) is 12.4. The quantitative estimate of drug-likeness (QED) is 0.272. The number of nitrogens with zero attached hydrogens (tertiary/aromatic N) is 1. The van der Waals surface area contributed by atoms with Gasteiger partial charge >= 0.3 is 0 Å². The van der Waals surface area contributed by atoms with Gasteiger partial charge in [0.05, 0.1) is 0 Å². The summed E-state index contributed by atoms with van der Waals surface area (Å²) in [5, 5.41) is 3.35. The minimum Gasteiger partial charge on any atom is -0.387 e. The van der Waals surface area contributed by atoms with Gasteiger partial charge in [0.2, 0.25) is 0 Å². The molecule has 1 aliphatic carbocycles. The van der Waals surface area contributed by atoms with Crippen LogP contribution in [0.5, 0.6) is 0 Å². The van der Waals surface area contributed by atoms with Crippen molar-refractivity contribution in [1.29, 1.82) is 0 Å². The minimum atomic E-state index is 0.889. The van der Waals surface area contributed by atoms with Crippen molar-refractivity contribution in [3.63, 3.8) is 0 Å². The van der Waals surface area contributed by atoms with E-state index in [0.29, 0.717) is 0 Å². The number of aromatic nitrogens is 1. The second kappa shape index (κ2) is 10.6. The molecule has 2 nitrogen and oxygen atoms in total. The zero-order valence-electron chi connectivity index (χ0n) is 20.5. The molecule has 0 saturated heterocycles. The molecule has 180 valence electrons.